The van der Waals surface area contributed by atoms with Gasteiger partial charge in [-0.15, -0.1) is 0 Å². The van der Waals surface area contributed by atoms with E-state index in [4.69, 9.17) is 5.11 Å². The Labute approximate surface area is 112 Å². The normalized spacial score (nSPS) is 11.6. The Kier molecular flexibility index (Phi) is 13.2. The maximum Gasteiger partial charge on any atom is 0.303 e. The maximum absolute atomic E-state index is 10.3. The number of hydrogen-bond donors (Lipinski definition) is 1. The average Bonchev–Trinajstić information content (AvgIpc) is 2.34. The molecule has 0 bridgehead atoms. The van der Waals surface area contributed by atoms with Crippen LogP contribution < -0.4 is 0 Å². The topological polar surface area (TPSA) is 37.3 Å². The van der Waals surface area contributed by atoms with Gasteiger partial charge in [-0.25, -0.2) is 0 Å². The molecule has 0 fully saturated rings. The Morgan fingerprint density at radius 3 is 2.11 bits per heavy atom. The highest BCUT2D eigenvalue weighted by Crippen LogP contribution is 2.10. The molecule has 0 amide bonds. The zero-order valence-corrected chi connectivity index (χ0v) is 11.7. The van der Waals surface area contributed by atoms with E-state index in [1.807, 2.05) is 6.92 Å². The number of carboxylic acid groups (broad SMARTS) is 1. The SMILES string of the molecule is C/C=C\C/C=C\CCCCCCCCCC(=O)O. The fraction of sp³-hybridized carbons (Fsp3) is 0.688. The van der Waals surface area contributed by atoms with Gasteiger partial charge in [-0.05, 0) is 32.6 Å². The molecule has 1 N–H and O–H groups in total. The van der Waals surface area contributed by atoms with Crippen molar-refractivity contribution in [2.75, 3.05) is 0 Å². The summed E-state index contributed by atoms with van der Waals surface area (Å²) in [5, 5.41) is 8.48. The highest BCUT2D eigenvalue weighted by atomic mass is 16.4. The Hall–Kier alpha value is -1.05. The Morgan fingerprint density at radius 2 is 1.50 bits per heavy atom. The highest BCUT2D eigenvalue weighted by Gasteiger charge is 1.96. The Morgan fingerprint density at radius 1 is 0.889 bits per heavy atom. The summed E-state index contributed by atoms with van der Waals surface area (Å²) in [6.07, 6.45) is 19.5. The molecule has 0 spiro atoms. The summed E-state index contributed by atoms with van der Waals surface area (Å²) in [6.45, 7) is 2.05. The van der Waals surface area contributed by atoms with E-state index in [-0.39, 0.29) is 0 Å². The first-order valence-electron chi connectivity index (χ1n) is 7.25. The van der Waals surface area contributed by atoms with Crippen LogP contribution in [0.5, 0.6) is 0 Å². The van der Waals surface area contributed by atoms with Crippen molar-refractivity contribution >= 4 is 5.97 Å². The number of carboxylic acids is 1. The van der Waals surface area contributed by atoms with Gasteiger partial charge in [0.1, 0.15) is 0 Å². The third-order valence-corrected chi connectivity index (χ3v) is 2.94. The lowest BCUT2D eigenvalue weighted by Gasteiger charge is -2.00. The molecule has 104 valence electrons. The fourth-order valence-corrected chi connectivity index (χ4v) is 1.85. The molecule has 0 atom stereocenters. The summed E-state index contributed by atoms with van der Waals surface area (Å²) in [5.74, 6) is -0.667. The van der Waals surface area contributed by atoms with E-state index >= 15 is 0 Å². The van der Waals surface area contributed by atoms with E-state index < -0.39 is 5.97 Å². The van der Waals surface area contributed by atoms with Gasteiger partial charge in [0.25, 0.3) is 0 Å². The van der Waals surface area contributed by atoms with E-state index in [1.54, 1.807) is 0 Å². The lowest BCUT2D eigenvalue weighted by atomic mass is 10.1. The van der Waals surface area contributed by atoms with Crippen LogP contribution in [-0.2, 0) is 4.79 Å². The van der Waals surface area contributed by atoms with Crippen LogP contribution in [0.3, 0.4) is 0 Å². The Balaban J connectivity index is 3.07. The van der Waals surface area contributed by atoms with Crippen LogP contribution in [0.15, 0.2) is 24.3 Å². The van der Waals surface area contributed by atoms with Crippen LogP contribution in [0.25, 0.3) is 0 Å². The van der Waals surface area contributed by atoms with Gasteiger partial charge in [0.05, 0.1) is 0 Å². The van der Waals surface area contributed by atoms with Crippen molar-refractivity contribution in [2.24, 2.45) is 0 Å². The van der Waals surface area contributed by atoms with E-state index in [0.717, 1.165) is 19.3 Å². The summed E-state index contributed by atoms with van der Waals surface area (Å²) in [4.78, 5) is 10.3. The minimum atomic E-state index is -0.667. The summed E-state index contributed by atoms with van der Waals surface area (Å²) in [6, 6.07) is 0. The average molecular weight is 252 g/mol. The van der Waals surface area contributed by atoms with Gasteiger partial charge in [-0.2, -0.15) is 0 Å². The predicted octanol–water partition coefficient (Wildman–Crippen LogP) is 5.10. The second-order valence-corrected chi connectivity index (χ2v) is 4.68. The van der Waals surface area contributed by atoms with Crippen LogP contribution in [0, 0.1) is 0 Å². The molecule has 2 nitrogen and oxygen atoms in total. The molecular formula is C16H28O2. The molecule has 0 aliphatic rings. The van der Waals surface area contributed by atoms with Crippen molar-refractivity contribution in [3.63, 3.8) is 0 Å². The minimum Gasteiger partial charge on any atom is -0.481 e. The quantitative estimate of drug-likeness (QED) is 0.387. The minimum absolute atomic E-state index is 0.330. The van der Waals surface area contributed by atoms with Crippen molar-refractivity contribution < 1.29 is 9.90 Å². The number of unbranched alkanes of at least 4 members (excludes halogenated alkanes) is 7. The molecule has 0 aromatic carbocycles. The molecule has 0 heterocycles. The van der Waals surface area contributed by atoms with Crippen LogP contribution in [0.1, 0.15) is 71.1 Å². The zero-order chi connectivity index (χ0) is 13.5. The zero-order valence-electron chi connectivity index (χ0n) is 11.7. The van der Waals surface area contributed by atoms with E-state index in [0.29, 0.717) is 6.42 Å². The first kappa shape index (κ1) is 16.9. The Bertz CT molecular complexity index is 241. The molecule has 0 saturated heterocycles. The lowest BCUT2D eigenvalue weighted by Crippen LogP contribution is -1.93. The molecule has 0 aromatic rings. The third kappa shape index (κ3) is 14.9. The van der Waals surface area contributed by atoms with Gasteiger partial charge in [-0.3, -0.25) is 4.79 Å². The molecule has 18 heavy (non-hydrogen) atoms. The third-order valence-electron chi connectivity index (χ3n) is 2.94. The molecule has 0 aliphatic carbocycles. The first-order chi connectivity index (χ1) is 8.77. The first-order valence-corrected chi connectivity index (χ1v) is 7.25. The molecule has 0 unspecified atom stereocenters. The molecule has 0 aliphatic heterocycles. The van der Waals surface area contributed by atoms with E-state index in [1.165, 1.54) is 38.5 Å². The smallest absolute Gasteiger partial charge is 0.303 e. The van der Waals surface area contributed by atoms with Crippen LogP contribution in [0.2, 0.25) is 0 Å². The van der Waals surface area contributed by atoms with Crippen molar-refractivity contribution in [1.29, 1.82) is 0 Å². The van der Waals surface area contributed by atoms with Crippen LogP contribution >= 0.6 is 0 Å². The monoisotopic (exact) mass is 252 g/mol. The second kappa shape index (κ2) is 14.0. The molecule has 0 rings (SSSR count). The standard InChI is InChI=1S/C16H28O2/c1-2-3-4-5-6-7-8-9-10-11-12-13-14-15-16(17)18/h2-3,5-6H,4,7-15H2,1H3,(H,17,18)/b3-2-,6-5-. The molecule has 0 radical (unpaired) electrons. The predicted molar refractivity (Wildman–Crippen MR) is 77.8 cm³/mol. The van der Waals surface area contributed by atoms with Gasteiger partial charge >= 0.3 is 5.97 Å². The van der Waals surface area contributed by atoms with Gasteiger partial charge in [0.15, 0.2) is 0 Å². The highest BCUT2D eigenvalue weighted by molar-refractivity contribution is 5.66. The van der Waals surface area contributed by atoms with Crippen molar-refractivity contribution in [3.8, 4) is 0 Å². The maximum atomic E-state index is 10.3. The van der Waals surface area contributed by atoms with Gasteiger partial charge < -0.3 is 5.11 Å². The molecule has 0 aromatic heterocycles. The van der Waals surface area contributed by atoms with Crippen LogP contribution in [-0.4, -0.2) is 11.1 Å². The fourth-order valence-electron chi connectivity index (χ4n) is 1.85. The second-order valence-electron chi connectivity index (χ2n) is 4.68. The van der Waals surface area contributed by atoms with Crippen molar-refractivity contribution in [3.05, 3.63) is 24.3 Å². The van der Waals surface area contributed by atoms with E-state index in [2.05, 4.69) is 24.3 Å². The summed E-state index contributed by atoms with van der Waals surface area (Å²) in [7, 11) is 0. The largest absolute Gasteiger partial charge is 0.481 e. The number of aliphatic carboxylic acids is 1. The lowest BCUT2D eigenvalue weighted by molar-refractivity contribution is -0.137. The number of hydrogen-bond acceptors (Lipinski definition) is 1. The number of rotatable bonds is 12. The van der Waals surface area contributed by atoms with Crippen molar-refractivity contribution in [2.45, 2.75) is 71.1 Å². The number of carbonyl (C=O) groups is 1. The summed E-state index contributed by atoms with van der Waals surface area (Å²) < 4.78 is 0. The number of allylic oxidation sites excluding steroid dienone is 4. The van der Waals surface area contributed by atoms with E-state index in [9.17, 15) is 4.79 Å². The van der Waals surface area contributed by atoms with Crippen molar-refractivity contribution in [1.82, 2.24) is 0 Å². The molecule has 0 saturated carbocycles. The molecular weight excluding hydrogens is 224 g/mol. The molecule has 2 heteroatoms. The summed E-state index contributed by atoms with van der Waals surface area (Å²) in [5.41, 5.74) is 0. The summed E-state index contributed by atoms with van der Waals surface area (Å²) >= 11 is 0. The van der Waals surface area contributed by atoms with Gasteiger partial charge in [-0.1, -0.05) is 56.4 Å². The van der Waals surface area contributed by atoms with Gasteiger partial charge in [0, 0.05) is 6.42 Å². The van der Waals surface area contributed by atoms with Crippen LogP contribution in [0.4, 0.5) is 0 Å². The van der Waals surface area contributed by atoms with Gasteiger partial charge in [0.2, 0.25) is 0 Å².